The molecule has 200 valence electrons. The van der Waals surface area contributed by atoms with E-state index in [9.17, 15) is 0 Å². The Kier molecular flexibility index (Phi) is 9.06. The molecule has 2 unspecified atom stereocenters. The van der Waals surface area contributed by atoms with Crippen LogP contribution in [-0.2, 0) is 0 Å². The van der Waals surface area contributed by atoms with E-state index in [1.165, 1.54) is 16.9 Å². The normalized spacial score (nSPS) is 17.1. The van der Waals surface area contributed by atoms with Gasteiger partial charge in [0.05, 0.1) is 18.9 Å². The third-order valence-electron chi connectivity index (χ3n) is 7.41. The van der Waals surface area contributed by atoms with Gasteiger partial charge in [-0.1, -0.05) is 43.3 Å². The minimum Gasteiger partial charge on any atom is -0.481 e. The Bertz CT molecular complexity index is 1230. The van der Waals surface area contributed by atoms with Crippen molar-refractivity contribution in [1.82, 2.24) is 4.98 Å². The van der Waals surface area contributed by atoms with E-state index in [4.69, 9.17) is 14.8 Å². The van der Waals surface area contributed by atoms with Crippen molar-refractivity contribution in [2.45, 2.75) is 40.7 Å². The highest BCUT2D eigenvalue weighted by atomic mass is 16.5. The predicted molar refractivity (Wildman–Crippen MR) is 162 cm³/mol. The number of nitrogens with zero attached hydrogens (tertiary/aromatic N) is 5. The molecular weight excluding hydrogens is 470 g/mol. The van der Waals surface area contributed by atoms with Gasteiger partial charge < -0.3 is 14.5 Å². The highest BCUT2D eigenvalue weighted by molar-refractivity contribution is 6.02. The number of hydrazone groups is 1. The van der Waals surface area contributed by atoms with E-state index in [0.717, 1.165) is 43.3 Å². The number of benzene rings is 2. The molecule has 0 N–H and O–H groups in total. The Hall–Kier alpha value is -3.80. The first-order valence-electron chi connectivity index (χ1n) is 13.8. The molecule has 38 heavy (non-hydrogen) atoms. The predicted octanol–water partition coefficient (Wildman–Crippen LogP) is 7.05. The number of hydrogen-bond acceptors (Lipinski definition) is 6. The number of anilines is 3. The minimum absolute atomic E-state index is 0.0325. The fourth-order valence-corrected chi connectivity index (χ4v) is 5.14. The molecule has 6 nitrogen and oxygen atoms in total. The van der Waals surface area contributed by atoms with Crippen LogP contribution < -0.4 is 19.5 Å². The first kappa shape index (κ1) is 27.2. The third kappa shape index (κ3) is 5.85. The first-order chi connectivity index (χ1) is 18.5. The standard InChI is InChI=1S/C32H41N5O/c1-7-35(8-2)27-19-14-25(15-20-27)16-23-29-24(5)32(26-17-21-28(22-18-26)36(9-3)10-4)37(34-29)30-12-11-13-31(33-30)38-6/h11-24,32H,7-10H2,1-6H3. The van der Waals surface area contributed by atoms with Crippen molar-refractivity contribution in [3.05, 3.63) is 83.9 Å². The molecule has 0 amide bonds. The van der Waals surface area contributed by atoms with E-state index in [-0.39, 0.29) is 12.0 Å². The van der Waals surface area contributed by atoms with Crippen LogP contribution in [0, 0.1) is 5.92 Å². The molecule has 0 saturated heterocycles. The number of hydrogen-bond donors (Lipinski definition) is 0. The average Bonchev–Trinajstić information content (AvgIpc) is 3.30. The molecule has 1 aliphatic heterocycles. The van der Waals surface area contributed by atoms with Crippen molar-refractivity contribution in [3.63, 3.8) is 0 Å². The minimum atomic E-state index is 0.0325. The Morgan fingerprint density at radius 2 is 1.37 bits per heavy atom. The van der Waals surface area contributed by atoms with Gasteiger partial charge in [0.15, 0.2) is 5.82 Å². The molecule has 0 spiro atoms. The van der Waals surface area contributed by atoms with E-state index >= 15 is 0 Å². The van der Waals surface area contributed by atoms with Crippen LogP contribution in [0.1, 0.15) is 51.8 Å². The van der Waals surface area contributed by atoms with E-state index in [0.29, 0.717) is 5.88 Å². The van der Waals surface area contributed by atoms with Gasteiger partial charge in [0, 0.05) is 49.5 Å². The molecule has 0 bridgehead atoms. The lowest BCUT2D eigenvalue weighted by atomic mass is 9.91. The molecule has 4 rings (SSSR count). The smallest absolute Gasteiger partial charge is 0.214 e. The fraction of sp³-hybridized carbons (Fsp3) is 0.375. The van der Waals surface area contributed by atoms with Gasteiger partial charge in [0.2, 0.25) is 5.88 Å². The van der Waals surface area contributed by atoms with Crippen LogP contribution in [0.2, 0.25) is 0 Å². The monoisotopic (exact) mass is 511 g/mol. The Labute approximate surface area is 228 Å². The van der Waals surface area contributed by atoms with E-state index in [1.807, 2.05) is 23.2 Å². The number of ether oxygens (including phenoxy) is 1. The van der Waals surface area contributed by atoms with Gasteiger partial charge in [-0.05, 0) is 75.2 Å². The summed E-state index contributed by atoms with van der Waals surface area (Å²) in [6.45, 7) is 15.0. The van der Waals surface area contributed by atoms with Gasteiger partial charge >= 0.3 is 0 Å². The summed E-state index contributed by atoms with van der Waals surface area (Å²) in [6, 6.07) is 23.5. The number of allylic oxidation sites excluding steroid dienone is 1. The molecule has 0 radical (unpaired) electrons. The van der Waals surface area contributed by atoms with Crippen molar-refractivity contribution in [2.24, 2.45) is 11.0 Å². The summed E-state index contributed by atoms with van der Waals surface area (Å²) >= 11 is 0. The van der Waals surface area contributed by atoms with Crippen LogP contribution in [-0.4, -0.2) is 44.0 Å². The summed E-state index contributed by atoms with van der Waals surface area (Å²) < 4.78 is 5.41. The first-order valence-corrected chi connectivity index (χ1v) is 13.8. The number of aromatic nitrogens is 1. The molecule has 0 fully saturated rings. The summed E-state index contributed by atoms with van der Waals surface area (Å²) in [5.41, 5.74) is 5.90. The lowest BCUT2D eigenvalue weighted by Crippen LogP contribution is -2.25. The van der Waals surface area contributed by atoms with Crippen LogP contribution in [0.15, 0.2) is 77.9 Å². The summed E-state index contributed by atoms with van der Waals surface area (Å²) in [5.74, 6) is 1.53. The van der Waals surface area contributed by atoms with Gasteiger partial charge in [-0.15, -0.1) is 0 Å². The number of pyridine rings is 1. The molecule has 6 heteroatoms. The van der Waals surface area contributed by atoms with Gasteiger partial charge in [-0.25, -0.2) is 5.01 Å². The van der Waals surface area contributed by atoms with Gasteiger partial charge in [0.25, 0.3) is 0 Å². The number of methoxy groups -OCH3 is 1. The average molecular weight is 512 g/mol. The quantitative estimate of drug-likeness (QED) is 0.276. The Balaban J connectivity index is 1.64. The molecule has 0 aliphatic carbocycles. The molecular formula is C32H41N5O. The molecule has 1 aliphatic rings. The summed E-state index contributed by atoms with van der Waals surface area (Å²) in [4.78, 5) is 9.42. The summed E-state index contributed by atoms with van der Waals surface area (Å²) in [7, 11) is 1.64. The molecule has 2 heterocycles. The highest BCUT2D eigenvalue weighted by Crippen LogP contribution is 2.39. The van der Waals surface area contributed by atoms with Crippen molar-refractivity contribution in [1.29, 1.82) is 0 Å². The maximum atomic E-state index is 5.41. The molecule has 2 aromatic carbocycles. The second-order valence-electron chi connectivity index (χ2n) is 9.50. The lowest BCUT2D eigenvalue weighted by Gasteiger charge is -2.27. The highest BCUT2D eigenvalue weighted by Gasteiger charge is 2.36. The lowest BCUT2D eigenvalue weighted by molar-refractivity contribution is 0.397. The molecule has 0 saturated carbocycles. The zero-order valence-corrected chi connectivity index (χ0v) is 23.6. The van der Waals surface area contributed by atoms with Crippen molar-refractivity contribution < 1.29 is 4.74 Å². The molecule has 3 aromatic rings. The zero-order valence-electron chi connectivity index (χ0n) is 23.6. The van der Waals surface area contributed by atoms with Crippen molar-refractivity contribution in [3.8, 4) is 5.88 Å². The molecule has 1 aromatic heterocycles. The maximum Gasteiger partial charge on any atom is 0.214 e. The van der Waals surface area contributed by atoms with Crippen LogP contribution in [0.4, 0.5) is 17.2 Å². The topological polar surface area (TPSA) is 44.2 Å². The third-order valence-corrected chi connectivity index (χ3v) is 7.41. The second-order valence-corrected chi connectivity index (χ2v) is 9.50. The van der Waals surface area contributed by atoms with Crippen molar-refractivity contribution in [2.75, 3.05) is 48.1 Å². The van der Waals surface area contributed by atoms with E-state index in [2.05, 4.69) is 105 Å². The van der Waals surface area contributed by atoms with Crippen LogP contribution in [0.5, 0.6) is 5.88 Å². The largest absolute Gasteiger partial charge is 0.481 e. The van der Waals surface area contributed by atoms with Crippen LogP contribution in [0.25, 0.3) is 6.08 Å². The Morgan fingerprint density at radius 1 is 0.789 bits per heavy atom. The summed E-state index contributed by atoms with van der Waals surface area (Å²) in [6.07, 6.45) is 4.30. The SMILES string of the molecule is CCN(CC)c1ccc(C=CC2=NN(c3cccc(OC)n3)C(c3ccc(N(CC)CC)cc3)C2C)cc1. The summed E-state index contributed by atoms with van der Waals surface area (Å²) in [5, 5.41) is 7.12. The maximum absolute atomic E-state index is 5.41. The van der Waals surface area contributed by atoms with Gasteiger partial charge in [-0.3, -0.25) is 0 Å². The van der Waals surface area contributed by atoms with Crippen LogP contribution in [0.3, 0.4) is 0 Å². The van der Waals surface area contributed by atoms with E-state index in [1.54, 1.807) is 7.11 Å². The van der Waals surface area contributed by atoms with Crippen LogP contribution >= 0.6 is 0 Å². The number of rotatable bonds is 11. The fourth-order valence-electron chi connectivity index (χ4n) is 5.14. The Morgan fingerprint density at radius 3 is 1.92 bits per heavy atom. The second kappa shape index (κ2) is 12.6. The van der Waals surface area contributed by atoms with Gasteiger partial charge in [-0.2, -0.15) is 10.1 Å². The molecule has 2 atom stereocenters. The zero-order chi connectivity index (χ0) is 27.1. The van der Waals surface area contributed by atoms with Gasteiger partial charge in [0.1, 0.15) is 0 Å². The van der Waals surface area contributed by atoms with Crippen molar-refractivity contribution >= 4 is 29.0 Å². The van der Waals surface area contributed by atoms with E-state index < -0.39 is 0 Å².